The molecule has 0 spiro atoms. The molecule has 100 valence electrons. The molecule has 1 fully saturated rings. The second-order valence-electron chi connectivity index (χ2n) is 5.83. The molecule has 2 unspecified atom stereocenters. The first kappa shape index (κ1) is 13.6. The number of rotatable bonds is 3. The second-order valence-corrected chi connectivity index (χ2v) is 6.77. The van der Waals surface area contributed by atoms with Crippen LogP contribution in [0.1, 0.15) is 31.5 Å². The molecule has 2 N–H and O–H groups in total. The summed E-state index contributed by atoms with van der Waals surface area (Å²) in [6.45, 7) is 7.30. The number of ether oxygens (including phenoxy) is 1. The molecule has 0 aromatic carbocycles. The van der Waals surface area contributed by atoms with Crippen molar-refractivity contribution in [3.63, 3.8) is 0 Å². The Labute approximate surface area is 112 Å². The smallest absolute Gasteiger partial charge is 0.146 e. The van der Waals surface area contributed by atoms with E-state index in [-0.39, 0.29) is 23.2 Å². The zero-order chi connectivity index (χ0) is 13.3. The molecular weight excluding hydrogens is 248 g/mol. The topological polar surface area (TPSA) is 65.2 Å². The van der Waals surface area contributed by atoms with Crippen molar-refractivity contribution in [2.24, 2.45) is 11.7 Å². The molecule has 1 aliphatic rings. The molecule has 1 aromatic heterocycles. The Morgan fingerprint density at radius 2 is 2.28 bits per heavy atom. The summed E-state index contributed by atoms with van der Waals surface area (Å²) in [4.78, 5) is 16.6. The summed E-state index contributed by atoms with van der Waals surface area (Å²) >= 11 is 1.55. The number of nitrogens with two attached hydrogens (primary N) is 1. The molecule has 18 heavy (non-hydrogen) atoms. The molecule has 1 aliphatic heterocycles. The van der Waals surface area contributed by atoms with Gasteiger partial charge in [0.15, 0.2) is 0 Å². The van der Waals surface area contributed by atoms with Crippen LogP contribution >= 0.6 is 11.3 Å². The largest absolute Gasteiger partial charge is 0.379 e. The van der Waals surface area contributed by atoms with Gasteiger partial charge in [-0.05, 0) is 0 Å². The Kier molecular flexibility index (Phi) is 3.84. The average molecular weight is 268 g/mol. The van der Waals surface area contributed by atoms with Gasteiger partial charge >= 0.3 is 0 Å². The third-order valence-electron chi connectivity index (χ3n) is 3.18. The monoisotopic (exact) mass is 268 g/mol. The molecule has 2 rings (SSSR count). The highest BCUT2D eigenvalue weighted by atomic mass is 32.1. The Bertz CT molecular complexity index is 436. The van der Waals surface area contributed by atoms with E-state index in [2.05, 4.69) is 25.8 Å². The van der Waals surface area contributed by atoms with Crippen molar-refractivity contribution in [2.75, 3.05) is 13.2 Å². The first-order chi connectivity index (χ1) is 8.38. The van der Waals surface area contributed by atoms with E-state index >= 15 is 0 Å². The normalized spacial score (nSPS) is 24.4. The molecule has 0 saturated carbocycles. The van der Waals surface area contributed by atoms with Gasteiger partial charge in [-0.15, -0.1) is 11.3 Å². The Morgan fingerprint density at radius 1 is 1.56 bits per heavy atom. The van der Waals surface area contributed by atoms with Crippen LogP contribution < -0.4 is 5.73 Å². The highest BCUT2D eigenvalue weighted by Crippen LogP contribution is 2.25. The Balaban J connectivity index is 2.01. The lowest BCUT2D eigenvalue weighted by Crippen LogP contribution is -2.34. The number of nitrogens with zero attached hydrogens (tertiary/aromatic N) is 1. The summed E-state index contributed by atoms with van der Waals surface area (Å²) in [6.07, 6.45) is 0.377. The number of thiazole rings is 1. The fourth-order valence-corrected chi connectivity index (χ4v) is 2.95. The fraction of sp³-hybridized carbons (Fsp3) is 0.692. The first-order valence-electron chi connectivity index (χ1n) is 6.19. The number of ketones is 1. The van der Waals surface area contributed by atoms with Crippen molar-refractivity contribution in [1.29, 1.82) is 0 Å². The van der Waals surface area contributed by atoms with Crippen LogP contribution in [0.25, 0.3) is 0 Å². The number of hydrogen-bond donors (Lipinski definition) is 1. The number of aromatic nitrogens is 1. The average Bonchev–Trinajstić information content (AvgIpc) is 2.85. The van der Waals surface area contributed by atoms with E-state index in [0.29, 0.717) is 19.6 Å². The zero-order valence-corrected chi connectivity index (χ0v) is 11.9. The van der Waals surface area contributed by atoms with E-state index in [0.717, 1.165) is 10.7 Å². The molecule has 1 aromatic rings. The van der Waals surface area contributed by atoms with Gasteiger partial charge in [0.25, 0.3) is 0 Å². The summed E-state index contributed by atoms with van der Waals surface area (Å²) in [5.74, 6) is -0.0122. The molecule has 5 heteroatoms. The van der Waals surface area contributed by atoms with Gasteiger partial charge in [0, 0.05) is 16.8 Å². The summed E-state index contributed by atoms with van der Waals surface area (Å²) in [5.41, 5.74) is 6.92. The summed E-state index contributed by atoms with van der Waals surface area (Å²) < 4.78 is 5.22. The van der Waals surface area contributed by atoms with Crippen LogP contribution in [0.4, 0.5) is 0 Å². The van der Waals surface area contributed by atoms with Crippen LogP contribution in [-0.4, -0.2) is 30.0 Å². The highest BCUT2D eigenvalue weighted by molar-refractivity contribution is 7.09. The van der Waals surface area contributed by atoms with Crippen molar-refractivity contribution in [3.8, 4) is 0 Å². The molecule has 2 atom stereocenters. The SMILES string of the molecule is CC(C)(C)c1csc(CC(=O)C2COCC2N)n1. The molecule has 4 nitrogen and oxygen atoms in total. The lowest BCUT2D eigenvalue weighted by atomic mass is 9.93. The third-order valence-corrected chi connectivity index (χ3v) is 4.03. The fourth-order valence-electron chi connectivity index (χ4n) is 1.92. The summed E-state index contributed by atoms with van der Waals surface area (Å²) in [5, 5.41) is 2.91. The van der Waals surface area contributed by atoms with Crippen LogP contribution in [0.3, 0.4) is 0 Å². The van der Waals surface area contributed by atoms with Gasteiger partial charge in [-0.25, -0.2) is 4.98 Å². The van der Waals surface area contributed by atoms with E-state index in [4.69, 9.17) is 10.5 Å². The van der Waals surface area contributed by atoms with Crippen LogP contribution in [0, 0.1) is 5.92 Å². The molecule has 0 radical (unpaired) electrons. The summed E-state index contributed by atoms with van der Waals surface area (Å²) in [6, 6.07) is -0.153. The van der Waals surface area contributed by atoms with Gasteiger partial charge in [-0.1, -0.05) is 20.8 Å². The van der Waals surface area contributed by atoms with Crippen molar-refractivity contribution < 1.29 is 9.53 Å². The lowest BCUT2D eigenvalue weighted by molar-refractivity contribution is -0.122. The molecule has 0 aliphatic carbocycles. The lowest BCUT2D eigenvalue weighted by Gasteiger charge is -2.14. The van der Waals surface area contributed by atoms with Crippen molar-refractivity contribution in [1.82, 2.24) is 4.98 Å². The predicted molar refractivity (Wildman–Crippen MR) is 71.8 cm³/mol. The number of hydrogen-bond acceptors (Lipinski definition) is 5. The van der Waals surface area contributed by atoms with Gasteiger partial charge in [0.05, 0.1) is 31.2 Å². The highest BCUT2D eigenvalue weighted by Gasteiger charge is 2.31. The quantitative estimate of drug-likeness (QED) is 0.903. The molecular formula is C13H20N2O2S. The van der Waals surface area contributed by atoms with Gasteiger partial charge in [-0.3, -0.25) is 4.79 Å². The van der Waals surface area contributed by atoms with Crippen molar-refractivity contribution >= 4 is 17.1 Å². The van der Waals surface area contributed by atoms with E-state index in [1.165, 1.54) is 0 Å². The number of carbonyl (C=O) groups is 1. The number of carbonyl (C=O) groups excluding carboxylic acids is 1. The Hall–Kier alpha value is -0.780. The number of Topliss-reactive ketones (excluding diaryl/α,β-unsaturated/α-hetero) is 1. The third kappa shape index (κ3) is 2.96. The standard InChI is InChI=1S/C13H20N2O2S/c1-13(2,3)11-7-18-12(15-11)4-10(16)8-5-17-6-9(8)14/h7-9H,4-6,14H2,1-3H3. The van der Waals surface area contributed by atoms with E-state index in [9.17, 15) is 4.79 Å². The van der Waals surface area contributed by atoms with Gasteiger partial charge < -0.3 is 10.5 Å². The second kappa shape index (κ2) is 5.07. The van der Waals surface area contributed by atoms with Crippen LogP contribution in [0.15, 0.2) is 5.38 Å². The van der Waals surface area contributed by atoms with E-state index in [1.807, 2.05) is 5.38 Å². The minimum Gasteiger partial charge on any atom is -0.379 e. The van der Waals surface area contributed by atoms with Crippen LogP contribution in [-0.2, 0) is 21.4 Å². The van der Waals surface area contributed by atoms with Crippen LogP contribution in [0.2, 0.25) is 0 Å². The maximum absolute atomic E-state index is 12.1. The molecule has 0 amide bonds. The molecule has 0 bridgehead atoms. The predicted octanol–water partition coefficient (Wildman–Crippen LogP) is 1.53. The van der Waals surface area contributed by atoms with Gasteiger partial charge in [0.1, 0.15) is 10.8 Å². The minimum absolute atomic E-state index is 0.0324. The van der Waals surface area contributed by atoms with Gasteiger partial charge in [0.2, 0.25) is 0 Å². The van der Waals surface area contributed by atoms with Crippen molar-refractivity contribution in [3.05, 3.63) is 16.1 Å². The van der Waals surface area contributed by atoms with Crippen LogP contribution in [0.5, 0.6) is 0 Å². The van der Waals surface area contributed by atoms with E-state index < -0.39 is 0 Å². The maximum Gasteiger partial charge on any atom is 0.146 e. The maximum atomic E-state index is 12.1. The molecule has 2 heterocycles. The minimum atomic E-state index is -0.160. The summed E-state index contributed by atoms with van der Waals surface area (Å²) in [7, 11) is 0. The Morgan fingerprint density at radius 3 is 2.78 bits per heavy atom. The van der Waals surface area contributed by atoms with Crippen molar-refractivity contribution in [2.45, 2.75) is 38.6 Å². The zero-order valence-electron chi connectivity index (χ0n) is 11.1. The molecule has 1 saturated heterocycles. The first-order valence-corrected chi connectivity index (χ1v) is 7.07. The van der Waals surface area contributed by atoms with Gasteiger partial charge in [-0.2, -0.15) is 0 Å². The van der Waals surface area contributed by atoms with E-state index in [1.54, 1.807) is 11.3 Å².